The van der Waals surface area contributed by atoms with Crippen molar-refractivity contribution in [2.45, 2.75) is 0 Å². The molecule has 17 heavy (non-hydrogen) atoms. The van der Waals surface area contributed by atoms with Gasteiger partial charge in [0.25, 0.3) is 0 Å². The van der Waals surface area contributed by atoms with E-state index in [1.165, 1.54) is 11.5 Å². The molecule has 84 valence electrons. The lowest BCUT2D eigenvalue weighted by Gasteiger charge is -2.04. The number of hydrogen-bond donors (Lipinski definition) is 0. The first-order valence-electron chi connectivity index (χ1n) is 5.56. The molecule has 3 rings (SSSR count). The van der Waals surface area contributed by atoms with Gasteiger partial charge in [-0.3, -0.25) is 0 Å². The van der Waals surface area contributed by atoms with Gasteiger partial charge in [0.05, 0.1) is 0 Å². The smallest absolute Gasteiger partial charge is 0.123 e. The second-order valence-electron chi connectivity index (χ2n) is 4.16. The molecule has 0 unspecified atom stereocenters. The van der Waals surface area contributed by atoms with Crippen LogP contribution in [0.15, 0.2) is 54.6 Å². The van der Waals surface area contributed by atoms with Crippen LogP contribution in [-0.4, -0.2) is 4.57 Å². The number of rotatable bonds is 1. The zero-order valence-electron chi connectivity index (χ0n) is 9.52. The quantitative estimate of drug-likeness (QED) is 0.590. The molecule has 3 aromatic rings. The third-order valence-electron chi connectivity index (χ3n) is 3.07. The average molecular weight is 225 g/mol. The van der Waals surface area contributed by atoms with E-state index in [1.54, 1.807) is 12.1 Å². The molecule has 2 aromatic carbocycles. The van der Waals surface area contributed by atoms with E-state index in [9.17, 15) is 4.39 Å². The van der Waals surface area contributed by atoms with Gasteiger partial charge < -0.3 is 4.57 Å². The van der Waals surface area contributed by atoms with E-state index in [0.29, 0.717) is 0 Å². The number of fused-ring (bicyclic) bond motifs is 1. The number of halogens is 1. The van der Waals surface area contributed by atoms with E-state index >= 15 is 0 Å². The zero-order chi connectivity index (χ0) is 11.8. The molecule has 0 aliphatic heterocycles. The normalized spacial score (nSPS) is 10.9. The Morgan fingerprint density at radius 2 is 1.76 bits per heavy atom. The fourth-order valence-corrected chi connectivity index (χ4v) is 2.21. The van der Waals surface area contributed by atoms with E-state index in [0.717, 1.165) is 16.8 Å². The first-order valence-corrected chi connectivity index (χ1v) is 5.56. The maximum Gasteiger partial charge on any atom is 0.123 e. The Labute approximate surface area is 99.1 Å². The predicted octanol–water partition coefficient (Wildman–Crippen LogP) is 3.98. The van der Waals surface area contributed by atoms with Crippen LogP contribution >= 0.6 is 0 Å². The van der Waals surface area contributed by atoms with Crippen LogP contribution in [0.5, 0.6) is 0 Å². The molecule has 0 aliphatic rings. The maximum atomic E-state index is 13.2. The highest BCUT2D eigenvalue weighted by atomic mass is 19.1. The van der Waals surface area contributed by atoms with Crippen LogP contribution in [0.4, 0.5) is 4.39 Å². The molecule has 1 aromatic heterocycles. The molecule has 0 amide bonds. The minimum Gasteiger partial charge on any atom is -0.344 e. The summed E-state index contributed by atoms with van der Waals surface area (Å²) in [7, 11) is 2.00. The first kappa shape index (κ1) is 10.1. The molecule has 0 saturated carbocycles. The molecule has 0 saturated heterocycles. The number of para-hydroxylation sites is 1. The molecule has 1 heterocycles. The molecular weight excluding hydrogens is 213 g/mol. The van der Waals surface area contributed by atoms with Crippen molar-refractivity contribution < 1.29 is 4.39 Å². The Bertz CT molecular complexity index is 682. The number of benzene rings is 2. The fraction of sp³-hybridized carbons (Fsp3) is 0.0667. The lowest BCUT2D eigenvalue weighted by molar-refractivity contribution is 0.628. The molecule has 0 spiro atoms. The van der Waals surface area contributed by atoms with Crippen molar-refractivity contribution in [2.75, 3.05) is 0 Å². The standard InChI is InChI=1S/C15H12FN/c1-17-14-8-3-2-5-12(14)10-15(17)11-6-4-7-13(16)9-11/h2-10H,1H3. The van der Waals surface area contributed by atoms with Crippen molar-refractivity contribution >= 4 is 10.9 Å². The minimum atomic E-state index is -0.201. The van der Waals surface area contributed by atoms with Gasteiger partial charge in [0.1, 0.15) is 5.82 Å². The van der Waals surface area contributed by atoms with Gasteiger partial charge in [-0.1, -0.05) is 30.3 Å². The van der Waals surface area contributed by atoms with Gasteiger partial charge in [-0.25, -0.2) is 4.39 Å². The maximum absolute atomic E-state index is 13.2. The lowest BCUT2D eigenvalue weighted by Crippen LogP contribution is -1.91. The molecule has 0 fully saturated rings. The number of hydrogen-bond acceptors (Lipinski definition) is 0. The Morgan fingerprint density at radius 3 is 2.53 bits per heavy atom. The van der Waals surface area contributed by atoms with Gasteiger partial charge in [0.2, 0.25) is 0 Å². The van der Waals surface area contributed by atoms with Gasteiger partial charge in [0.15, 0.2) is 0 Å². The largest absolute Gasteiger partial charge is 0.344 e. The Morgan fingerprint density at radius 1 is 0.941 bits per heavy atom. The summed E-state index contributed by atoms with van der Waals surface area (Å²) in [5, 5.41) is 1.18. The van der Waals surface area contributed by atoms with Crippen LogP contribution < -0.4 is 0 Å². The lowest BCUT2D eigenvalue weighted by atomic mass is 10.1. The molecule has 0 N–H and O–H groups in total. The summed E-state index contributed by atoms with van der Waals surface area (Å²) in [6.45, 7) is 0. The monoisotopic (exact) mass is 225 g/mol. The number of nitrogens with zero attached hydrogens (tertiary/aromatic N) is 1. The van der Waals surface area contributed by atoms with Crippen LogP contribution in [0.3, 0.4) is 0 Å². The van der Waals surface area contributed by atoms with Crippen LogP contribution in [0, 0.1) is 5.82 Å². The number of aromatic nitrogens is 1. The van der Waals surface area contributed by atoms with Crippen molar-refractivity contribution in [2.24, 2.45) is 7.05 Å². The van der Waals surface area contributed by atoms with Gasteiger partial charge in [-0.2, -0.15) is 0 Å². The van der Waals surface area contributed by atoms with Crippen LogP contribution in [0.2, 0.25) is 0 Å². The zero-order valence-corrected chi connectivity index (χ0v) is 9.52. The molecular formula is C15H12FN. The van der Waals surface area contributed by atoms with Crippen molar-refractivity contribution in [3.63, 3.8) is 0 Å². The Hall–Kier alpha value is -2.09. The second-order valence-corrected chi connectivity index (χ2v) is 4.16. The molecule has 0 aliphatic carbocycles. The van der Waals surface area contributed by atoms with Crippen molar-refractivity contribution in [1.82, 2.24) is 4.57 Å². The molecule has 1 nitrogen and oxygen atoms in total. The summed E-state index contributed by atoms with van der Waals surface area (Å²) in [4.78, 5) is 0. The molecule has 0 atom stereocenters. The highest BCUT2D eigenvalue weighted by Crippen LogP contribution is 2.27. The second kappa shape index (κ2) is 3.74. The summed E-state index contributed by atoms with van der Waals surface area (Å²) in [6, 6.07) is 16.9. The van der Waals surface area contributed by atoms with E-state index < -0.39 is 0 Å². The van der Waals surface area contributed by atoms with E-state index in [4.69, 9.17) is 0 Å². The van der Waals surface area contributed by atoms with Gasteiger partial charge in [-0.15, -0.1) is 0 Å². The van der Waals surface area contributed by atoms with Gasteiger partial charge in [-0.05, 0) is 24.3 Å². The summed E-state index contributed by atoms with van der Waals surface area (Å²) in [6.07, 6.45) is 0. The average Bonchev–Trinajstić information content (AvgIpc) is 2.68. The summed E-state index contributed by atoms with van der Waals surface area (Å²) in [5.74, 6) is -0.201. The third-order valence-corrected chi connectivity index (χ3v) is 3.07. The first-order chi connectivity index (χ1) is 8.25. The molecule has 0 bridgehead atoms. The molecule has 0 radical (unpaired) electrons. The van der Waals surface area contributed by atoms with Crippen molar-refractivity contribution in [3.8, 4) is 11.3 Å². The highest BCUT2D eigenvalue weighted by Gasteiger charge is 2.07. The van der Waals surface area contributed by atoms with E-state index in [1.807, 2.05) is 25.2 Å². The summed E-state index contributed by atoms with van der Waals surface area (Å²) < 4.78 is 15.3. The number of aryl methyl sites for hydroxylation is 1. The fourth-order valence-electron chi connectivity index (χ4n) is 2.21. The van der Waals surface area contributed by atoms with Gasteiger partial charge in [0, 0.05) is 29.2 Å². The SMILES string of the molecule is Cn1c(-c2cccc(F)c2)cc2ccccc21. The van der Waals surface area contributed by atoms with Gasteiger partial charge >= 0.3 is 0 Å². The molecule has 2 heteroatoms. The van der Waals surface area contributed by atoms with Crippen molar-refractivity contribution in [1.29, 1.82) is 0 Å². The topological polar surface area (TPSA) is 4.93 Å². The van der Waals surface area contributed by atoms with E-state index in [2.05, 4.69) is 22.8 Å². The van der Waals surface area contributed by atoms with Crippen LogP contribution in [0.25, 0.3) is 22.2 Å². The Balaban J connectivity index is 2.27. The van der Waals surface area contributed by atoms with Crippen LogP contribution in [0.1, 0.15) is 0 Å². The van der Waals surface area contributed by atoms with Crippen LogP contribution in [-0.2, 0) is 7.05 Å². The third kappa shape index (κ3) is 1.62. The Kier molecular flexibility index (Phi) is 2.22. The predicted molar refractivity (Wildman–Crippen MR) is 68.3 cm³/mol. The summed E-state index contributed by atoms with van der Waals surface area (Å²) >= 11 is 0. The highest BCUT2D eigenvalue weighted by molar-refractivity contribution is 5.86. The van der Waals surface area contributed by atoms with Crippen molar-refractivity contribution in [3.05, 3.63) is 60.4 Å². The summed E-state index contributed by atoms with van der Waals surface area (Å²) in [5.41, 5.74) is 3.10. The minimum absolute atomic E-state index is 0.201. The van der Waals surface area contributed by atoms with E-state index in [-0.39, 0.29) is 5.82 Å².